The van der Waals surface area contributed by atoms with E-state index in [1.54, 1.807) is 13.3 Å². The molecule has 1 aromatic heterocycles. The van der Waals surface area contributed by atoms with E-state index in [-0.39, 0.29) is 23.9 Å². The van der Waals surface area contributed by atoms with Gasteiger partial charge in [0, 0.05) is 39.5 Å². The van der Waals surface area contributed by atoms with E-state index >= 15 is 0 Å². The Morgan fingerprint density at radius 2 is 2.18 bits per heavy atom. The van der Waals surface area contributed by atoms with Crippen molar-refractivity contribution in [2.24, 2.45) is 0 Å². The molecule has 0 aromatic carbocycles. The van der Waals surface area contributed by atoms with Crippen LogP contribution in [0.4, 0.5) is 15.0 Å². The molecule has 2 aliphatic heterocycles. The van der Waals surface area contributed by atoms with Crippen LogP contribution in [0, 0.1) is 5.82 Å². The van der Waals surface area contributed by atoms with E-state index < -0.39 is 0 Å². The molecule has 0 bridgehead atoms. The lowest BCUT2D eigenvalue weighted by molar-refractivity contribution is 0.0500. The minimum atomic E-state index is -0.366. The number of nitrogens with zero attached hydrogens (tertiary/aromatic N) is 3. The van der Waals surface area contributed by atoms with E-state index in [0.29, 0.717) is 44.3 Å². The van der Waals surface area contributed by atoms with E-state index in [1.165, 1.54) is 6.07 Å². The van der Waals surface area contributed by atoms with Gasteiger partial charge < -0.3 is 24.6 Å². The first kappa shape index (κ1) is 20.8. The number of hydrogen-bond donors (Lipinski definition) is 1. The second-order valence-corrected chi connectivity index (χ2v) is 7.57. The molecule has 3 rings (SSSR count). The van der Waals surface area contributed by atoms with Crippen molar-refractivity contribution in [2.75, 3.05) is 51.5 Å². The molecule has 156 valence electrons. The SMILES string of the molecule is CCCC1(COC)CCCN1C(=O)NCc1cnc(N2CCOCC2)c(F)c1. The maximum absolute atomic E-state index is 14.5. The third-order valence-corrected chi connectivity index (χ3v) is 5.60. The molecule has 2 aliphatic rings. The number of nitrogens with one attached hydrogen (secondary N) is 1. The van der Waals surface area contributed by atoms with E-state index in [0.717, 1.165) is 32.2 Å². The molecule has 0 aliphatic carbocycles. The molecular weight excluding hydrogens is 363 g/mol. The summed E-state index contributed by atoms with van der Waals surface area (Å²) in [5.74, 6) is -0.0190. The van der Waals surface area contributed by atoms with Gasteiger partial charge in [0.05, 0.1) is 25.4 Å². The van der Waals surface area contributed by atoms with E-state index in [9.17, 15) is 9.18 Å². The molecule has 3 heterocycles. The first-order valence-electron chi connectivity index (χ1n) is 10.1. The quantitative estimate of drug-likeness (QED) is 0.770. The summed E-state index contributed by atoms with van der Waals surface area (Å²) in [7, 11) is 1.68. The van der Waals surface area contributed by atoms with E-state index in [4.69, 9.17) is 9.47 Å². The predicted octanol–water partition coefficient (Wildman–Crippen LogP) is 2.55. The van der Waals surface area contributed by atoms with Crippen LogP contribution >= 0.6 is 0 Å². The Hall–Kier alpha value is -1.93. The number of carbonyl (C=O) groups excluding carboxylic acids is 1. The van der Waals surface area contributed by atoms with Gasteiger partial charge in [-0.2, -0.15) is 0 Å². The van der Waals surface area contributed by atoms with Gasteiger partial charge >= 0.3 is 6.03 Å². The molecular formula is C20H31FN4O3. The standard InChI is InChI=1S/C20H31FN4O3/c1-3-5-20(15-27-2)6-4-7-25(20)19(26)23-14-16-12-17(21)18(22-13-16)24-8-10-28-11-9-24/h12-13H,3-11,14-15H2,1-2H3,(H,23,26). The third kappa shape index (κ3) is 4.55. The Morgan fingerprint density at radius 1 is 1.39 bits per heavy atom. The fourth-order valence-electron chi connectivity index (χ4n) is 4.32. The van der Waals surface area contributed by atoms with Gasteiger partial charge in [0.1, 0.15) is 0 Å². The zero-order chi connectivity index (χ0) is 20.0. The fraction of sp³-hybridized carbons (Fsp3) is 0.700. The number of rotatable bonds is 7. The van der Waals surface area contributed by atoms with Crippen molar-refractivity contribution < 1.29 is 18.7 Å². The second kappa shape index (κ2) is 9.52. The van der Waals surface area contributed by atoms with Crippen molar-refractivity contribution in [2.45, 2.75) is 44.7 Å². The zero-order valence-electron chi connectivity index (χ0n) is 16.9. The van der Waals surface area contributed by atoms with Crippen LogP contribution in [0.5, 0.6) is 0 Å². The first-order chi connectivity index (χ1) is 13.6. The highest BCUT2D eigenvalue weighted by Crippen LogP contribution is 2.34. The van der Waals surface area contributed by atoms with Crippen LogP contribution in [-0.4, -0.2) is 68.0 Å². The molecule has 8 heteroatoms. The number of amides is 2. The van der Waals surface area contributed by atoms with Gasteiger partial charge in [-0.15, -0.1) is 0 Å². The minimum Gasteiger partial charge on any atom is -0.382 e. The molecule has 2 saturated heterocycles. The molecule has 0 saturated carbocycles. The molecule has 2 fully saturated rings. The molecule has 1 unspecified atom stereocenters. The number of aromatic nitrogens is 1. The summed E-state index contributed by atoms with van der Waals surface area (Å²) in [5, 5.41) is 2.93. The monoisotopic (exact) mass is 394 g/mol. The number of pyridine rings is 1. The Kier molecular flexibility index (Phi) is 7.07. The predicted molar refractivity (Wildman–Crippen MR) is 105 cm³/mol. The van der Waals surface area contributed by atoms with Crippen molar-refractivity contribution in [3.05, 3.63) is 23.6 Å². The lowest BCUT2D eigenvalue weighted by atomic mass is 9.91. The molecule has 2 amide bonds. The number of carbonyl (C=O) groups is 1. The highest BCUT2D eigenvalue weighted by Gasteiger charge is 2.42. The average molecular weight is 394 g/mol. The van der Waals surface area contributed by atoms with Gasteiger partial charge in [-0.05, 0) is 30.9 Å². The third-order valence-electron chi connectivity index (χ3n) is 5.60. The van der Waals surface area contributed by atoms with E-state index in [2.05, 4.69) is 17.2 Å². The summed E-state index contributed by atoms with van der Waals surface area (Å²) in [5.41, 5.74) is 0.409. The van der Waals surface area contributed by atoms with Crippen LogP contribution in [0.1, 0.15) is 38.2 Å². The van der Waals surface area contributed by atoms with Crippen molar-refractivity contribution >= 4 is 11.8 Å². The number of halogens is 1. The molecule has 1 atom stereocenters. The first-order valence-corrected chi connectivity index (χ1v) is 10.1. The second-order valence-electron chi connectivity index (χ2n) is 7.57. The van der Waals surface area contributed by atoms with Crippen LogP contribution in [-0.2, 0) is 16.0 Å². The minimum absolute atomic E-state index is 0.124. The van der Waals surface area contributed by atoms with Crippen LogP contribution in [0.2, 0.25) is 0 Å². The number of likely N-dealkylation sites (tertiary alicyclic amines) is 1. The largest absolute Gasteiger partial charge is 0.382 e. The van der Waals surface area contributed by atoms with Gasteiger partial charge in [-0.1, -0.05) is 13.3 Å². The summed E-state index contributed by atoms with van der Waals surface area (Å²) in [6, 6.07) is 1.33. The highest BCUT2D eigenvalue weighted by atomic mass is 19.1. The molecule has 0 radical (unpaired) electrons. The number of hydrogen-bond acceptors (Lipinski definition) is 5. The van der Waals surface area contributed by atoms with Crippen molar-refractivity contribution in [1.82, 2.24) is 15.2 Å². The number of ether oxygens (including phenoxy) is 2. The van der Waals surface area contributed by atoms with Crippen LogP contribution in [0.3, 0.4) is 0 Å². The van der Waals surface area contributed by atoms with E-state index in [1.807, 2.05) is 9.80 Å². The highest BCUT2D eigenvalue weighted by molar-refractivity contribution is 5.75. The van der Waals surface area contributed by atoms with Gasteiger partial charge in [0.2, 0.25) is 0 Å². The Balaban J connectivity index is 1.61. The topological polar surface area (TPSA) is 66.9 Å². The van der Waals surface area contributed by atoms with Crippen LogP contribution in [0.15, 0.2) is 12.3 Å². The zero-order valence-corrected chi connectivity index (χ0v) is 16.9. The summed E-state index contributed by atoms with van der Waals surface area (Å²) < 4.78 is 25.2. The van der Waals surface area contributed by atoms with Crippen molar-refractivity contribution in [1.29, 1.82) is 0 Å². The Labute approximate surface area is 166 Å². The summed E-state index contributed by atoms with van der Waals surface area (Å²) in [4.78, 5) is 20.9. The molecule has 7 nitrogen and oxygen atoms in total. The van der Waals surface area contributed by atoms with Crippen molar-refractivity contribution in [3.8, 4) is 0 Å². The van der Waals surface area contributed by atoms with Gasteiger partial charge in [-0.3, -0.25) is 0 Å². The molecule has 1 N–H and O–H groups in total. The lowest BCUT2D eigenvalue weighted by Gasteiger charge is -2.38. The maximum atomic E-state index is 14.5. The number of methoxy groups -OCH3 is 1. The van der Waals surface area contributed by atoms with Gasteiger partial charge in [0.15, 0.2) is 11.6 Å². The Bertz CT molecular complexity index is 661. The smallest absolute Gasteiger partial charge is 0.318 e. The molecule has 28 heavy (non-hydrogen) atoms. The fourth-order valence-corrected chi connectivity index (χ4v) is 4.32. The van der Waals surface area contributed by atoms with Gasteiger partial charge in [0.25, 0.3) is 0 Å². The lowest BCUT2D eigenvalue weighted by Crippen LogP contribution is -2.53. The summed E-state index contributed by atoms with van der Waals surface area (Å²) in [6.45, 7) is 6.05. The number of morpholine rings is 1. The summed E-state index contributed by atoms with van der Waals surface area (Å²) >= 11 is 0. The molecule has 1 aromatic rings. The molecule has 0 spiro atoms. The maximum Gasteiger partial charge on any atom is 0.318 e. The average Bonchev–Trinajstić information content (AvgIpc) is 3.11. The van der Waals surface area contributed by atoms with Gasteiger partial charge in [-0.25, -0.2) is 14.2 Å². The summed E-state index contributed by atoms with van der Waals surface area (Å²) in [6.07, 6.45) is 5.46. The van der Waals surface area contributed by atoms with Crippen molar-refractivity contribution in [3.63, 3.8) is 0 Å². The Morgan fingerprint density at radius 3 is 2.86 bits per heavy atom. The van der Waals surface area contributed by atoms with Crippen LogP contribution in [0.25, 0.3) is 0 Å². The normalized spacial score (nSPS) is 22.5. The number of urea groups is 1. The van der Waals surface area contributed by atoms with Crippen LogP contribution < -0.4 is 10.2 Å². The number of anilines is 1.